The normalized spacial score (nSPS) is 17.6. The van der Waals surface area contributed by atoms with Crippen LogP contribution in [0.4, 0.5) is 14.9 Å². The van der Waals surface area contributed by atoms with Crippen LogP contribution in [0.15, 0.2) is 24.3 Å². The van der Waals surface area contributed by atoms with Gasteiger partial charge < -0.3 is 15.7 Å². The number of urea groups is 1. The highest BCUT2D eigenvalue weighted by atomic mass is 19.1. The number of anilines is 1. The molecule has 0 spiro atoms. The van der Waals surface area contributed by atoms with Crippen LogP contribution in [0.25, 0.3) is 0 Å². The van der Waals surface area contributed by atoms with Gasteiger partial charge in [-0.05, 0) is 25.0 Å². The number of nitrogens with one attached hydrogen (secondary N) is 2. The maximum atomic E-state index is 13.5. The van der Waals surface area contributed by atoms with Crippen LogP contribution in [-0.4, -0.2) is 22.6 Å². The zero-order valence-electron chi connectivity index (χ0n) is 11.7. The zero-order valence-corrected chi connectivity index (χ0v) is 11.7. The molecule has 2 amide bonds. The minimum absolute atomic E-state index is 0.0316. The van der Waals surface area contributed by atoms with Crippen molar-refractivity contribution >= 4 is 17.7 Å². The molecule has 2 rings (SSSR count). The van der Waals surface area contributed by atoms with Gasteiger partial charge in [-0.25, -0.2) is 14.0 Å². The van der Waals surface area contributed by atoms with E-state index in [0.29, 0.717) is 12.8 Å². The molecule has 21 heavy (non-hydrogen) atoms. The van der Waals surface area contributed by atoms with Crippen molar-refractivity contribution in [3.8, 4) is 0 Å². The van der Waals surface area contributed by atoms with E-state index < -0.39 is 23.4 Å². The lowest BCUT2D eigenvalue weighted by Crippen LogP contribution is -2.55. The average Bonchev–Trinajstić information content (AvgIpc) is 2.68. The van der Waals surface area contributed by atoms with Crippen molar-refractivity contribution in [1.82, 2.24) is 5.32 Å². The molecule has 6 heteroatoms. The molecular formula is C15H19FN2O3. The molecule has 1 aromatic rings. The van der Waals surface area contributed by atoms with Crippen LogP contribution in [-0.2, 0) is 4.79 Å². The molecule has 3 N–H and O–H groups in total. The highest BCUT2D eigenvalue weighted by molar-refractivity contribution is 5.94. The van der Waals surface area contributed by atoms with E-state index in [0.717, 1.165) is 25.7 Å². The number of aliphatic carboxylic acids is 1. The highest BCUT2D eigenvalue weighted by Gasteiger charge is 2.40. The summed E-state index contributed by atoms with van der Waals surface area (Å²) in [5.74, 6) is -1.59. The fraction of sp³-hybridized carbons (Fsp3) is 0.467. The highest BCUT2D eigenvalue weighted by Crippen LogP contribution is 2.27. The van der Waals surface area contributed by atoms with Gasteiger partial charge in [-0.1, -0.05) is 37.8 Å². The second-order valence-electron chi connectivity index (χ2n) is 5.36. The first-order valence-electron chi connectivity index (χ1n) is 7.11. The van der Waals surface area contributed by atoms with Crippen LogP contribution in [0.1, 0.15) is 38.5 Å². The number of carbonyl (C=O) groups excluding carboxylic acids is 1. The Morgan fingerprint density at radius 2 is 1.71 bits per heavy atom. The summed E-state index contributed by atoms with van der Waals surface area (Å²) < 4.78 is 13.5. The molecule has 1 fully saturated rings. The molecule has 5 nitrogen and oxygen atoms in total. The first kappa shape index (κ1) is 15.3. The monoisotopic (exact) mass is 294 g/mol. The summed E-state index contributed by atoms with van der Waals surface area (Å²) >= 11 is 0. The van der Waals surface area contributed by atoms with Crippen molar-refractivity contribution in [3.63, 3.8) is 0 Å². The van der Waals surface area contributed by atoms with Gasteiger partial charge >= 0.3 is 12.0 Å². The lowest BCUT2D eigenvalue weighted by Gasteiger charge is -2.29. The fourth-order valence-corrected chi connectivity index (χ4v) is 2.66. The van der Waals surface area contributed by atoms with Gasteiger partial charge in [0.2, 0.25) is 0 Å². The maximum absolute atomic E-state index is 13.5. The Kier molecular flexibility index (Phi) is 4.77. The summed E-state index contributed by atoms with van der Waals surface area (Å²) in [6.07, 6.45) is 4.23. The van der Waals surface area contributed by atoms with E-state index in [4.69, 9.17) is 0 Å². The van der Waals surface area contributed by atoms with E-state index in [2.05, 4.69) is 10.6 Å². The third-order valence-corrected chi connectivity index (χ3v) is 3.84. The molecular weight excluding hydrogens is 275 g/mol. The minimum Gasteiger partial charge on any atom is -0.480 e. The summed E-state index contributed by atoms with van der Waals surface area (Å²) in [7, 11) is 0. The Hall–Kier alpha value is -2.11. The molecule has 114 valence electrons. The van der Waals surface area contributed by atoms with Crippen LogP contribution < -0.4 is 10.6 Å². The molecule has 0 bridgehead atoms. The molecule has 0 aromatic heterocycles. The van der Waals surface area contributed by atoms with E-state index in [9.17, 15) is 19.1 Å². The number of benzene rings is 1. The van der Waals surface area contributed by atoms with Crippen molar-refractivity contribution in [2.75, 3.05) is 5.32 Å². The number of halogens is 1. The van der Waals surface area contributed by atoms with Gasteiger partial charge in [0, 0.05) is 0 Å². The van der Waals surface area contributed by atoms with Crippen molar-refractivity contribution in [3.05, 3.63) is 30.1 Å². The predicted octanol–water partition coefficient (Wildman–Crippen LogP) is 3.12. The van der Waals surface area contributed by atoms with Gasteiger partial charge in [-0.3, -0.25) is 0 Å². The SMILES string of the molecule is O=C(Nc1ccccc1F)NC1(C(=O)O)CCCCCC1. The number of amides is 2. The van der Waals surface area contributed by atoms with Gasteiger partial charge in [0.05, 0.1) is 5.69 Å². The minimum atomic E-state index is -1.26. The van der Waals surface area contributed by atoms with Gasteiger partial charge in [-0.15, -0.1) is 0 Å². The third-order valence-electron chi connectivity index (χ3n) is 3.84. The average molecular weight is 294 g/mol. The first-order valence-corrected chi connectivity index (χ1v) is 7.11. The predicted molar refractivity (Wildman–Crippen MR) is 76.6 cm³/mol. The smallest absolute Gasteiger partial charge is 0.329 e. The number of hydrogen-bond donors (Lipinski definition) is 3. The standard InChI is InChI=1S/C15H19FN2O3/c16-11-7-3-4-8-12(11)17-14(21)18-15(13(19)20)9-5-1-2-6-10-15/h3-4,7-8H,1-2,5-6,9-10H2,(H,19,20)(H2,17,18,21). The molecule has 0 unspecified atom stereocenters. The van der Waals surface area contributed by atoms with Crippen LogP contribution >= 0.6 is 0 Å². The number of para-hydroxylation sites is 1. The van der Waals surface area contributed by atoms with E-state index in [1.54, 1.807) is 6.07 Å². The molecule has 1 aliphatic rings. The lowest BCUT2D eigenvalue weighted by atomic mass is 9.90. The largest absolute Gasteiger partial charge is 0.480 e. The third kappa shape index (κ3) is 3.71. The van der Waals surface area contributed by atoms with Crippen molar-refractivity contribution in [1.29, 1.82) is 0 Å². The molecule has 0 heterocycles. The molecule has 1 aromatic carbocycles. The molecule has 0 saturated heterocycles. The van der Waals surface area contributed by atoms with Gasteiger partial charge in [-0.2, -0.15) is 0 Å². The van der Waals surface area contributed by atoms with E-state index >= 15 is 0 Å². The molecule has 0 aliphatic heterocycles. The number of carboxylic acids is 1. The summed E-state index contributed by atoms with van der Waals surface area (Å²) in [6, 6.07) is 5.08. The molecule has 1 saturated carbocycles. The van der Waals surface area contributed by atoms with Gasteiger partial charge in [0.1, 0.15) is 11.4 Å². The quantitative estimate of drug-likeness (QED) is 0.749. The van der Waals surface area contributed by atoms with E-state index in [-0.39, 0.29) is 5.69 Å². The number of carboxylic acid groups (broad SMARTS) is 1. The molecule has 1 aliphatic carbocycles. The van der Waals surface area contributed by atoms with E-state index in [1.807, 2.05) is 0 Å². The molecule has 0 radical (unpaired) electrons. The number of hydrogen-bond acceptors (Lipinski definition) is 2. The topological polar surface area (TPSA) is 78.4 Å². The summed E-state index contributed by atoms with van der Waals surface area (Å²) in [5, 5.41) is 14.4. The lowest BCUT2D eigenvalue weighted by molar-refractivity contribution is -0.145. The number of carbonyl (C=O) groups is 2. The van der Waals surface area contributed by atoms with Crippen molar-refractivity contribution < 1.29 is 19.1 Å². The van der Waals surface area contributed by atoms with Crippen LogP contribution in [0.2, 0.25) is 0 Å². The Balaban J connectivity index is 2.08. The summed E-state index contributed by atoms with van der Waals surface area (Å²) in [4.78, 5) is 23.6. The summed E-state index contributed by atoms with van der Waals surface area (Å²) in [6.45, 7) is 0. The summed E-state index contributed by atoms with van der Waals surface area (Å²) in [5.41, 5.74) is -1.23. The van der Waals surface area contributed by atoms with Crippen molar-refractivity contribution in [2.45, 2.75) is 44.1 Å². The van der Waals surface area contributed by atoms with Crippen LogP contribution in [0, 0.1) is 5.82 Å². The zero-order chi connectivity index (χ0) is 15.3. The fourth-order valence-electron chi connectivity index (χ4n) is 2.66. The Bertz CT molecular complexity index is 525. The van der Waals surface area contributed by atoms with Crippen LogP contribution in [0.5, 0.6) is 0 Å². The Morgan fingerprint density at radius 3 is 2.29 bits per heavy atom. The second-order valence-corrected chi connectivity index (χ2v) is 5.36. The van der Waals surface area contributed by atoms with Crippen LogP contribution in [0.3, 0.4) is 0 Å². The molecule has 0 atom stereocenters. The second kappa shape index (κ2) is 6.56. The van der Waals surface area contributed by atoms with Gasteiger partial charge in [0.15, 0.2) is 0 Å². The Morgan fingerprint density at radius 1 is 1.10 bits per heavy atom. The van der Waals surface area contributed by atoms with E-state index in [1.165, 1.54) is 18.2 Å². The van der Waals surface area contributed by atoms with Gasteiger partial charge in [0.25, 0.3) is 0 Å². The first-order chi connectivity index (χ1) is 10.0. The van der Waals surface area contributed by atoms with Crippen molar-refractivity contribution in [2.24, 2.45) is 0 Å². The maximum Gasteiger partial charge on any atom is 0.329 e. The Labute approximate surface area is 122 Å². The number of rotatable bonds is 3.